The zero-order valence-electron chi connectivity index (χ0n) is 17.3. The Balaban J connectivity index is 1.76. The summed E-state index contributed by atoms with van der Waals surface area (Å²) in [4.78, 5) is 47.6. The van der Waals surface area contributed by atoms with Crippen LogP contribution in [0.2, 0.25) is 0 Å². The van der Waals surface area contributed by atoms with E-state index in [1.165, 1.54) is 23.2 Å². The van der Waals surface area contributed by atoms with Crippen molar-refractivity contribution in [3.8, 4) is 0 Å². The van der Waals surface area contributed by atoms with Crippen LogP contribution >= 0.6 is 30.2 Å². The number of aromatic nitrogens is 1. The van der Waals surface area contributed by atoms with Gasteiger partial charge in [-0.3, -0.25) is 14.5 Å². The third-order valence-corrected chi connectivity index (χ3v) is 7.83. The van der Waals surface area contributed by atoms with Crippen LogP contribution in [0, 0.1) is 0 Å². The van der Waals surface area contributed by atoms with Crippen LogP contribution in [0.25, 0.3) is 0 Å². The number of thioether (sulfide) groups is 1. The van der Waals surface area contributed by atoms with E-state index < -0.39 is 36.3 Å². The number of β-lactam (4-membered cyclic amide) rings is 1. The highest BCUT2D eigenvalue weighted by molar-refractivity contribution is 8.00. The third-order valence-electron chi connectivity index (χ3n) is 4.59. The summed E-state index contributed by atoms with van der Waals surface area (Å²) in [5.74, 6) is -2.17. The smallest absolute Gasteiger partial charge is 0.352 e. The molecule has 0 saturated carbocycles. The van der Waals surface area contributed by atoms with Crippen molar-refractivity contribution in [1.82, 2.24) is 15.2 Å². The summed E-state index contributed by atoms with van der Waals surface area (Å²) >= 11 is 2.42. The number of nitrogens with zero attached hydrogens (tertiary/aromatic N) is 3. The zero-order chi connectivity index (χ0) is 23.6. The molecule has 1 aromatic heterocycles. The predicted molar refractivity (Wildman–Crippen MR) is 123 cm³/mol. The largest absolute Gasteiger partial charge is 0.477 e. The van der Waals surface area contributed by atoms with E-state index in [9.17, 15) is 24.1 Å². The van der Waals surface area contributed by atoms with Gasteiger partial charge in [-0.05, 0) is 18.9 Å². The number of rotatable bonds is 9. The lowest BCUT2D eigenvalue weighted by Gasteiger charge is -2.49. The molecule has 2 aliphatic heterocycles. The average molecular weight is 500 g/mol. The van der Waals surface area contributed by atoms with Crippen molar-refractivity contribution in [3.05, 3.63) is 35.0 Å². The molecule has 0 radical (unpaired) electrons. The Labute approximate surface area is 192 Å². The fraction of sp³-hybridized carbons (Fsp3) is 0.389. The van der Waals surface area contributed by atoms with Gasteiger partial charge in [0.2, 0.25) is 0 Å². The van der Waals surface area contributed by atoms with Crippen molar-refractivity contribution in [1.29, 1.82) is 0 Å². The monoisotopic (exact) mass is 499 g/mol. The number of carboxylic acids is 1. The van der Waals surface area contributed by atoms with Crippen LogP contribution in [0.3, 0.4) is 0 Å². The van der Waals surface area contributed by atoms with Crippen LogP contribution in [-0.4, -0.2) is 81.8 Å². The molecule has 2 aliphatic rings. The van der Waals surface area contributed by atoms with E-state index in [0.717, 1.165) is 16.2 Å². The summed E-state index contributed by atoms with van der Waals surface area (Å²) in [7, 11) is -2.32. The topological polar surface area (TPSA) is 164 Å². The Morgan fingerprint density at radius 2 is 2.25 bits per heavy atom. The Bertz CT molecular complexity index is 1080. The molecule has 1 aromatic rings. The maximum atomic E-state index is 12.9. The molecule has 1 fully saturated rings. The van der Waals surface area contributed by atoms with E-state index in [4.69, 9.17) is 10.6 Å². The van der Waals surface area contributed by atoms with Gasteiger partial charge < -0.3 is 25.6 Å². The van der Waals surface area contributed by atoms with Crippen LogP contribution in [0.5, 0.6) is 0 Å². The summed E-state index contributed by atoms with van der Waals surface area (Å²) in [5, 5.41) is 17.1. The molecule has 0 aliphatic carbocycles. The Morgan fingerprint density at radius 1 is 1.53 bits per heavy atom. The molecule has 11 nitrogen and oxygen atoms in total. The Hall–Kier alpha value is -2.63. The number of anilines is 1. The summed E-state index contributed by atoms with van der Waals surface area (Å²) in [5.41, 5.74) is 5.94. The first-order chi connectivity index (χ1) is 15.0. The summed E-state index contributed by atoms with van der Waals surface area (Å²) in [6.45, 7) is 6.86. The van der Waals surface area contributed by atoms with Crippen molar-refractivity contribution in [2.45, 2.75) is 11.4 Å². The van der Waals surface area contributed by atoms with E-state index in [1.54, 1.807) is 13.3 Å². The molecular formula is C18H22N5O6PS2. The molecule has 3 rings (SSSR count). The highest BCUT2D eigenvalue weighted by atomic mass is 32.2. The van der Waals surface area contributed by atoms with Gasteiger partial charge in [0.25, 0.3) is 11.8 Å². The fourth-order valence-electron chi connectivity index (χ4n) is 2.98. The molecular weight excluding hydrogens is 477 g/mol. The normalized spacial score (nSPS) is 21.0. The van der Waals surface area contributed by atoms with Gasteiger partial charge in [0, 0.05) is 17.3 Å². The second-order valence-corrected chi connectivity index (χ2v) is 13.0. The molecule has 1 saturated heterocycles. The van der Waals surface area contributed by atoms with Crippen molar-refractivity contribution in [2.24, 2.45) is 5.16 Å². The summed E-state index contributed by atoms with van der Waals surface area (Å²) in [6.07, 6.45) is 1.68. The number of aliphatic carboxylic acids is 1. The quantitative estimate of drug-likeness (QED) is 0.148. The van der Waals surface area contributed by atoms with Crippen LogP contribution in [0.1, 0.15) is 5.69 Å². The number of nitrogens with one attached hydrogen (secondary N) is 1. The lowest BCUT2D eigenvalue weighted by Crippen LogP contribution is -2.71. The molecule has 3 heterocycles. The van der Waals surface area contributed by atoms with Crippen LogP contribution in [0.15, 0.2) is 34.5 Å². The number of hydrogen-bond donors (Lipinski definition) is 3. The van der Waals surface area contributed by atoms with E-state index >= 15 is 0 Å². The van der Waals surface area contributed by atoms with E-state index in [1.807, 2.05) is 0 Å². The maximum absolute atomic E-state index is 12.9. The highest BCUT2D eigenvalue weighted by Gasteiger charge is 2.54. The van der Waals surface area contributed by atoms with Gasteiger partial charge in [-0.1, -0.05) is 17.8 Å². The van der Waals surface area contributed by atoms with Gasteiger partial charge in [-0.2, -0.15) is 0 Å². The van der Waals surface area contributed by atoms with Crippen molar-refractivity contribution < 1.29 is 28.9 Å². The average Bonchev–Trinajstić information content (AvgIpc) is 3.15. The molecule has 2 amide bonds. The number of fused-ring (bicyclic) bond motifs is 1. The molecule has 172 valence electrons. The van der Waals surface area contributed by atoms with Crippen molar-refractivity contribution >= 4 is 58.9 Å². The first-order valence-corrected chi connectivity index (χ1v) is 14.0. The number of amides is 2. The van der Waals surface area contributed by atoms with Crippen molar-refractivity contribution in [2.75, 3.05) is 37.6 Å². The van der Waals surface area contributed by atoms with Gasteiger partial charge in [-0.15, -0.1) is 23.1 Å². The summed E-state index contributed by atoms with van der Waals surface area (Å²) < 4.78 is 11.8. The number of thiazole rings is 1. The number of carbonyl (C=O) groups excluding carboxylic acids is 2. The molecule has 0 aromatic carbocycles. The number of carbonyl (C=O) groups is 3. The minimum absolute atomic E-state index is 0.0341. The SMILES string of the molecule is C=CC1=C(C(=O)O)N2C(=O)[C@@H](NC(=O)/C(=N/OCCP(C)(C)=O)c3csc(N)n3)[C@H]2SC1. The number of hydrogen-bond acceptors (Lipinski definition) is 10. The molecule has 0 unspecified atom stereocenters. The minimum atomic E-state index is -2.32. The predicted octanol–water partition coefficient (Wildman–Crippen LogP) is 0.993. The first kappa shape index (κ1) is 24.0. The second-order valence-electron chi connectivity index (χ2n) is 7.39. The number of allylic oxidation sites excluding steroid dienone is 1. The standard InChI is InChI=1S/C18H22N5O6PS2/c1-4-9-7-31-16-12(15(25)23(16)13(9)17(26)27)21-14(24)11(10-8-32-18(19)20-10)22-29-5-6-30(2,3)28/h4,8,12,16H,1,5-7H2,2-3H3,(H2,19,20)(H,21,24)(H,26,27)/b22-11+/t12-,16-/m1/s1. The van der Waals surface area contributed by atoms with E-state index in [0.29, 0.717) is 11.3 Å². The molecule has 2 atom stereocenters. The van der Waals surface area contributed by atoms with Crippen molar-refractivity contribution in [3.63, 3.8) is 0 Å². The van der Waals surface area contributed by atoms with E-state index in [2.05, 4.69) is 22.0 Å². The third kappa shape index (κ3) is 5.05. The lowest BCUT2D eigenvalue weighted by molar-refractivity contribution is -0.150. The Morgan fingerprint density at radius 3 is 2.81 bits per heavy atom. The van der Waals surface area contributed by atoms with Crippen LogP contribution in [0.4, 0.5) is 5.13 Å². The van der Waals surface area contributed by atoms with Gasteiger partial charge in [0.15, 0.2) is 10.8 Å². The molecule has 0 bridgehead atoms. The lowest BCUT2D eigenvalue weighted by atomic mass is 10.0. The van der Waals surface area contributed by atoms with Crippen LogP contribution in [-0.2, 0) is 23.8 Å². The molecule has 14 heteroatoms. The van der Waals surface area contributed by atoms with Crippen LogP contribution < -0.4 is 11.1 Å². The second kappa shape index (κ2) is 9.47. The van der Waals surface area contributed by atoms with E-state index in [-0.39, 0.29) is 35.0 Å². The number of oxime groups is 1. The number of nitrogens with two attached hydrogens (primary N) is 1. The number of nitrogen functional groups attached to an aromatic ring is 1. The maximum Gasteiger partial charge on any atom is 0.352 e. The van der Waals surface area contributed by atoms with Gasteiger partial charge >= 0.3 is 5.97 Å². The number of carboxylic acid groups (broad SMARTS) is 1. The molecule has 4 N–H and O–H groups in total. The molecule has 32 heavy (non-hydrogen) atoms. The van der Waals surface area contributed by atoms with Gasteiger partial charge in [0.05, 0.1) is 7.14 Å². The zero-order valence-corrected chi connectivity index (χ0v) is 19.8. The highest BCUT2D eigenvalue weighted by Crippen LogP contribution is 2.40. The summed E-state index contributed by atoms with van der Waals surface area (Å²) in [6, 6.07) is -0.944. The Kier molecular flexibility index (Phi) is 7.11. The van der Waals surface area contributed by atoms with Gasteiger partial charge in [0.1, 0.15) is 29.4 Å². The fourth-order valence-corrected chi connectivity index (χ4v) is 5.39. The minimum Gasteiger partial charge on any atom is -0.477 e. The van der Waals surface area contributed by atoms with Gasteiger partial charge in [-0.25, -0.2) is 9.78 Å². The first-order valence-electron chi connectivity index (χ1n) is 9.33. The molecule has 0 spiro atoms.